The summed E-state index contributed by atoms with van der Waals surface area (Å²) in [5.74, 6) is -0.700. The summed E-state index contributed by atoms with van der Waals surface area (Å²) in [6.45, 7) is 2.19. The van der Waals surface area contributed by atoms with Gasteiger partial charge in [0.05, 0.1) is 10.1 Å². The third-order valence-electron chi connectivity index (χ3n) is 4.19. The van der Waals surface area contributed by atoms with Crippen LogP contribution in [0.1, 0.15) is 43.9 Å². The summed E-state index contributed by atoms with van der Waals surface area (Å²) in [6, 6.07) is 7.90. The molecule has 3 rings (SSSR count). The van der Waals surface area contributed by atoms with Gasteiger partial charge in [0, 0.05) is 22.2 Å². The van der Waals surface area contributed by atoms with E-state index in [1.54, 1.807) is 0 Å². The summed E-state index contributed by atoms with van der Waals surface area (Å²) >= 11 is 3.28. The molecule has 2 heterocycles. The number of para-hydroxylation sites is 1. The zero-order valence-corrected chi connectivity index (χ0v) is 14.6. The molecular weight excluding hydrogens is 356 g/mol. The molecular formula is C18H19BrN2O2. The number of halogens is 1. The molecule has 0 fully saturated rings. The fourth-order valence-electron chi connectivity index (χ4n) is 3.06. The number of hydrogen-bond acceptors (Lipinski definition) is 2. The number of rotatable bonds is 6. The van der Waals surface area contributed by atoms with Crippen LogP contribution in [0.2, 0.25) is 0 Å². The van der Waals surface area contributed by atoms with E-state index in [1.165, 1.54) is 12.8 Å². The van der Waals surface area contributed by atoms with Gasteiger partial charge in [-0.2, -0.15) is 0 Å². The summed E-state index contributed by atoms with van der Waals surface area (Å²) in [5.41, 5.74) is 3.32. The predicted molar refractivity (Wildman–Crippen MR) is 95.1 cm³/mol. The molecule has 0 bridgehead atoms. The summed E-state index contributed by atoms with van der Waals surface area (Å²) < 4.78 is 0.321. The Balaban J connectivity index is 2.07. The van der Waals surface area contributed by atoms with Gasteiger partial charge < -0.3 is 4.98 Å². The number of hydrogen-bond donors (Lipinski definition) is 2. The first kappa shape index (κ1) is 16.0. The third kappa shape index (κ3) is 2.98. The third-order valence-corrected chi connectivity index (χ3v) is 4.94. The number of fused-ring (bicyclic) bond motifs is 1. The van der Waals surface area contributed by atoms with Crippen molar-refractivity contribution in [2.24, 2.45) is 0 Å². The summed E-state index contributed by atoms with van der Waals surface area (Å²) in [5, 5.41) is 3.34. The van der Waals surface area contributed by atoms with Gasteiger partial charge in [0.15, 0.2) is 0 Å². The van der Waals surface area contributed by atoms with Crippen LogP contribution in [0.4, 0.5) is 0 Å². The van der Waals surface area contributed by atoms with Crippen LogP contribution in [-0.2, 0) is 16.0 Å². The molecule has 120 valence electrons. The molecule has 0 radical (unpaired) electrons. The molecule has 4 nitrogen and oxygen atoms in total. The Morgan fingerprint density at radius 1 is 1.04 bits per heavy atom. The van der Waals surface area contributed by atoms with Crippen molar-refractivity contribution in [1.29, 1.82) is 0 Å². The van der Waals surface area contributed by atoms with Crippen molar-refractivity contribution in [3.63, 3.8) is 0 Å². The van der Waals surface area contributed by atoms with Gasteiger partial charge in [0.1, 0.15) is 0 Å². The number of carbonyl (C=O) groups excluding carboxylic acids is 2. The standard InChI is InChI=1S/C18H19BrN2O2/c1-2-3-4-5-10-13-14(11-8-6-7-9-12(11)20-13)15-16(19)18(23)21-17(15)22/h6-9,20H,2-5,10H2,1H3,(H,21,22,23). The molecule has 2 N–H and O–H groups in total. The maximum Gasteiger partial charge on any atom is 0.265 e. The number of aromatic amines is 1. The molecule has 5 heteroatoms. The molecule has 1 aromatic carbocycles. The number of unbranched alkanes of at least 4 members (excludes halogenated alkanes) is 3. The number of imide groups is 1. The smallest absolute Gasteiger partial charge is 0.265 e. The van der Waals surface area contributed by atoms with Crippen LogP contribution in [0.3, 0.4) is 0 Å². The van der Waals surface area contributed by atoms with E-state index in [2.05, 4.69) is 33.2 Å². The molecule has 0 unspecified atom stereocenters. The van der Waals surface area contributed by atoms with E-state index in [4.69, 9.17) is 0 Å². The van der Waals surface area contributed by atoms with Crippen LogP contribution in [-0.4, -0.2) is 16.8 Å². The van der Waals surface area contributed by atoms with Gasteiger partial charge in [-0.15, -0.1) is 0 Å². The van der Waals surface area contributed by atoms with Crippen LogP contribution >= 0.6 is 15.9 Å². The van der Waals surface area contributed by atoms with Gasteiger partial charge in [-0.05, 0) is 34.8 Å². The van der Waals surface area contributed by atoms with Crippen molar-refractivity contribution in [3.05, 3.63) is 40.0 Å². The average molecular weight is 375 g/mol. The molecule has 0 spiro atoms. The van der Waals surface area contributed by atoms with Gasteiger partial charge in [0.2, 0.25) is 0 Å². The Kier molecular flexibility index (Phi) is 4.66. The molecule has 0 saturated heterocycles. The Labute approximate surface area is 143 Å². The van der Waals surface area contributed by atoms with Crippen LogP contribution < -0.4 is 5.32 Å². The zero-order valence-electron chi connectivity index (χ0n) is 13.0. The van der Waals surface area contributed by atoms with Gasteiger partial charge in [-0.1, -0.05) is 44.4 Å². The van der Waals surface area contributed by atoms with E-state index in [1.807, 2.05) is 24.3 Å². The van der Waals surface area contributed by atoms with Crippen molar-refractivity contribution >= 4 is 44.2 Å². The summed E-state index contributed by atoms with van der Waals surface area (Å²) in [4.78, 5) is 27.4. The normalized spacial score (nSPS) is 14.9. The zero-order chi connectivity index (χ0) is 16.4. The molecule has 2 aromatic rings. The number of carbonyl (C=O) groups is 2. The molecule has 0 saturated carbocycles. The first-order valence-electron chi connectivity index (χ1n) is 7.99. The number of benzene rings is 1. The molecule has 0 aliphatic carbocycles. The predicted octanol–water partition coefficient (Wildman–Crippen LogP) is 4.05. The first-order chi connectivity index (χ1) is 11.1. The highest BCUT2D eigenvalue weighted by Crippen LogP contribution is 2.35. The lowest BCUT2D eigenvalue weighted by molar-refractivity contribution is -0.123. The minimum Gasteiger partial charge on any atom is -0.358 e. The summed E-state index contributed by atoms with van der Waals surface area (Å²) in [7, 11) is 0. The highest BCUT2D eigenvalue weighted by Gasteiger charge is 2.32. The van der Waals surface area contributed by atoms with Crippen molar-refractivity contribution in [2.75, 3.05) is 0 Å². The van der Waals surface area contributed by atoms with Crippen molar-refractivity contribution in [1.82, 2.24) is 10.3 Å². The van der Waals surface area contributed by atoms with E-state index >= 15 is 0 Å². The highest BCUT2D eigenvalue weighted by atomic mass is 79.9. The Hall–Kier alpha value is -1.88. The van der Waals surface area contributed by atoms with E-state index in [0.29, 0.717) is 10.1 Å². The van der Waals surface area contributed by atoms with Crippen molar-refractivity contribution in [2.45, 2.75) is 39.0 Å². The first-order valence-corrected chi connectivity index (χ1v) is 8.78. The SMILES string of the molecule is CCCCCCc1[nH]c2ccccc2c1C1=C(Br)C(=O)NC1=O. The minimum atomic E-state index is -0.368. The lowest BCUT2D eigenvalue weighted by Gasteiger charge is -2.05. The highest BCUT2D eigenvalue weighted by molar-refractivity contribution is 9.12. The fourth-order valence-corrected chi connectivity index (χ4v) is 3.53. The van der Waals surface area contributed by atoms with E-state index in [-0.39, 0.29) is 11.8 Å². The molecule has 1 aliphatic rings. The van der Waals surface area contributed by atoms with Crippen LogP contribution in [0, 0.1) is 0 Å². The van der Waals surface area contributed by atoms with E-state index < -0.39 is 0 Å². The lowest BCUT2D eigenvalue weighted by Crippen LogP contribution is -2.22. The Morgan fingerprint density at radius 2 is 1.83 bits per heavy atom. The molecule has 23 heavy (non-hydrogen) atoms. The number of aryl methyl sites for hydroxylation is 1. The van der Waals surface area contributed by atoms with E-state index in [0.717, 1.165) is 41.4 Å². The molecule has 1 aliphatic heterocycles. The van der Waals surface area contributed by atoms with Crippen molar-refractivity contribution in [3.8, 4) is 0 Å². The fraction of sp³-hybridized carbons (Fsp3) is 0.333. The Bertz CT molecular complexity index is 804. The van der Waals surface area contributed by atoms with Gasteiger partial charge >= 0.3 is 0 Å². The van der Waals surface area contributed by atoms with Gasteiger partial charge in [-0.25, -0.2) is 0 Å². The number of aromatic nitrogens is 1. The monoisotopic (exact) mass is 374 g/mol. The second kappa shape index (κ2) is 6.71. The van der Waals surface area contributed by atoms with Gasteiger partial charge in [-0.3, -0.25) is 14.9 Å². The van der Waals surface area contributed by atoms with Gasteiger partial charge in [0.25, 0.3) is 11.8 Å². The number of amides is 2. The largest absolute Gasteiger partial charge is 0.358 e. The maximum atomic E-state index is 12.2. The minimum absolute atomic E-state index is 0.321. The maximum absolute atomic E-state index is 12.2. The van der Waals surface area contributed by atoms with Crippen LogP contribution in [0.15, 0.2) is 28.7 Å². The molecule has 2 amide bonds. The number of H-pyrrole nitrogens is 1. The molecule has 1 aromatic heterocycles. The van der Waals surface area contributed by atoms with Crippen molar-refractivity contribution < 1.29 is 9.59 Å². The average Bonchev–Trinajstić information content (AvgIpc) is 3.01. The lowest BCUT2D eigenvalue weighted by atomic mass is 9.99. The topological polar surface area (TPSA) is 62.0 Å². The van der Waals surface area contributed by atoms with E-state index in [9.17, 15) is 9.59 Å². The Morgan fingerprint density at radius 3 is 2.52 bits per heavy atom. The van der Waals surface area contributed by atoms with Crippen LogP contribution in [0.25, 0.3) is 16.5 Å². The second-order valence-electron chi connectivity index (χ2n) is 5.81. The number of nitrogens with one attached hydrogen (secondary N) is 2. The second-order valence-corrected chi connectivity index (χ2v) is 6.60. The molecule has 0 atom stereocenters. The van der Waals surface area contributed by atoms with Crippen LogP contribution in [0.5, 0.6) is 0 Å². The quantitative estimate of drug-likeness (QED) is 0.591. The summed E-state index contributed by atoms with van der Waals surface area (Å²) in [6.07, 6.45) is 5.49.